The van der Waals surface area contributed by atoms with E-state index in [2.05, 4.69) is 10.3 Å². The number of rotatable bonds is 3. The number of nitrogens with one attached hydrogen (secondary N) is 1. The summed E-state index contributed by atoms with van der Waals surface area (Å²) in [4.78, 5) is 4.12. The van der Waals surface area contributed by atoms with Crippen LogP contribution in [0, 0.1) is 5.82 Å². The van der Waals surface area contributed by atoms with Gasteiger partial charge >= 0.3 is 0 Å². The third kappa shape index (κ3) is 2.45. The van der Waals surface area contributed by atoms with E-state index in [1.807, 2.05) is 0 Å². The third-order valence-electron chi connectivity index (χ3n) is 2.44. The number of nitrogens with two attached hydrogens (primary N) is 1. The van der Waals surface area contributed by atoms with Crippen LogP contribution in [0.15, 0.2) is 24.4 Å². The summed E-state index contributed by atoms with van der Waals surface area (Å²) in [5.41, 5.74) is 6.11. The summed E-state index contributed by atoms with van der Waals surface area (Å²) in [7, 11) is 0. The molecule has 1 heterocycles. The Morgan fingerprint density at radius 3 is 2.94 bits per heavy atom. The van der Waals surface area contributed by atoms with E-state index < -0.39 is 11.9 Å². The molecular formula is C12H14FN3O. The highest BCUT2D eigenvalue weighted by Crippen LogP contribution is 2.27. The molecule has 17 heavy (non-hydrogen) atoms. The number of anilines is 2. The van der Waals surface area contributed by atoms with Crippen molar-refractivity contribution in [2.75, 3.05) is 17.6 Å². The first-order chi connectivity index (χ1) is 8.08. The van der Waals surface area contributed by atoms with Crippen LogP contribution in [0.3, 0.4) is 0 Å². The monoisotopic (exact) mass is 235 g/mol. The van der Waals surface area contributed by atoms with E-state index in [9.17, 15) is 9.50 Å². The van der Waals surface area contributed by atoms with E-state index in [-0.39, 0.29) is 0 Å². The Morgan fingerprint density at radius 1 is 1.47 bits per heavy atom. The number of nitrogens with zero attached hydrogens (tertiary/aromatic N) is 1. The number of hydrogen-bond acceptors (Lipinski definition) is 4. The molecule has 0 aliphatic carbocycles. The fourth-order valence-electron chi connectivity index (χ4n) is 1.66. The van der Waals surface area contributed by atoms with Crippen molar-refractivity contribution in [3.63, 3.8) is 0 Å². The summed E-state index contributed by atoms with van der Waals surface area (Å²) in [6.45, 7) is 2.01. The second-order valence-electron chi connectivity index (χ2n) is 3.98. The van der Waals surface area contributed by atoms with Crippen LogP contribution in [0.25, 0.3) is 10.8 Å². The maximum atomic E-state index is 13.3. The topological polar surface area (TPSA) is 71.2 Å². The molecule has 0 fully saturated rings. The molecule has 4 N–H and O–H groups in total. The number of aromatic nitrogens is 1. The summed E-state index contributed by atoms with van der Waals surface area (Å²) in [6.07, 6.45) is 1.10. The van der Waals surface area contributed by atoms with Crippen molar-refractivity contribution in [1.29, 1.82) is 0 Å². The molecule has 0 saturated heterocycles. The minimum absolute atomic E-state index is 0.350. The lowest BCUT2D eigenvalue weighted by molar-refractivity contribution is 0.208. The van der Waals surface area contributed by atoms with Crippen molar-refractivity contribution < 1.29 is 9.50 Å². The molecule has 0 spiro atoms. The van der Waals surface area contributed by atoms with Crippen molar-refractivity contribution in [3.8, 4) is 0 Å². The van der Waals surface area contributed by atoms with Crippen molar-refractivity contribution >= 4 is 22.3 Å². The number of halogens is 1. The van der Waals surface area contributed by atoms with Gasteiger partial charge in [0, 0.05) is 29.2 Å². The molecule has 1 atom stereocenters. The van der Waals surface area contributed by atoms with Gasteiger partial charge in [0.2, 0.25) is 0 Å². The van der Waals surface area contributed by atoms with E-state index >= 15 is 0 Å². The molecule has 0 aliphatic rings. The minimum atomic E-state index is -0.502. The number of pyridine rings is 1. The van der Waals surface area contributed by atoms with Gasteiger partial charge in [0.1, 0.15) is 11.6 Å². The van der Waals surface area contributed by atoms with Gasteiger partial charge in [-0.05, 0) is 25.1 Å². The maximum Gasteiger partial charge on any atom is 0.134 e. The lowest BCUT2D eigenvalue weighted by atomic mass is 10.1. The van der Waals surface area contributed by atoms with Crippen molar-refractivity contribution in [3.05, 3.63) is 30.2 Å². The van der Waals surface area contributed by atoms with Crippen LogP contribution < -0.4 is 11.1 Å². The van der Waals surface area contributed by atoms with Gasteiger partial charge in [-0.15, -0.1) is 0 Å². The average Bonchev–Trinajstić information content (AvgIpc) is 2.26. The summed E-state index contributed by atoms with van der Waals surface area (Å²) in [6, 6.07) is 4.39. The van der Waals surface area contributed by atoms with Gasteiger partial charge in [-0.3, -0.25) is 0 Å². The number of nitrogen functional groups attached to an aromatic ring is 1. The Labute approximate surface area is 98.3 Å². The van der Waals surface area contributed by atoms with Crippen molar-refractivity contribution in [2.24, 2.45) is 0 Å². The molecule has 0 aliphatic heterocycles. The van der Waals surface area contributed by atoms with Crippen molar-refractivity contribution in [2.45, 2.75) is 13.0 Å². The highest BCUT2D eigenvalue weighted by atomic mass is 19.1. The van der Waals surface area contributed by atoms with Gasteiger partial charge in [0.15, 0.2) is 0 Å². The van der Waals surface area contributed by atoms with Gasteiger partial charge in [-0.2, -0.15) is 0 Å². The van der Waals surface area contributed by atoms with E-state index in [1.54, 1.807) is 19.2 Å². The zero-order valence-corrected chi connectivity index (χ0v) is 9.44. The zero-order valence-electron chi connectivity index (χ0n) is 9.44. The first-order valence-electron chi connectivity index (χ1n) is 5.33. The van der Waals surface area contributed by atoms with E-state index in [4.69, 9.17) is 5.73 Å². The SMILES string of the molecule is CC(O)CNc1nccc2c(N)cc(F)cc12. The van der Waals surface area contributed by atoms with Gasteiger partial charge in [0.05, 0.1) is 6.10 Å². The minimum Gasteiger partial charge on any atom is -0.398 e. The first-order valence-corrected chi connectivity index (χ1v) is 5.33. The van der Waals surface area contributed by atoms with Crippen molar-refractivity contribution in [1.82, 2.24) is 4.98 Å². The van der Waals surface area contributed by atoms with Crippen LogP contribution in [0.1, 0.15) is 6.92 Å². The van der Waals surface area contributed by atoms with Crippen LogP contribution in [0.4, 0.5) is 15.9 Å². The molecule has 1 aromatic heterocycles. The molecule has 0 amide bonds. The van der Waals surface area contributed by atoms with E-state index in [0.717, 1.165) is 5.39 Å². The predicted molar refractivity (Wildman–Crippen MR) is 66.3 cm³/mol. The Morgan fingerprint density at radius 2 is 2.24 bits per heavy atom. The van der Waals surface area contributed by atoms with Crippen LogP contribution >= 0.6 is 0 Å². The number of benzene rings is 1. The largest absolute Gasteiger partial charge is 0.398 e. The van der Waals surface area contributed by atoms with Crippen LogP contribution in [-0.4, -0.2) is 22.7 Å². The molecule has 1 unspecified atom stereocenters. The lowest BCUT2D eigenvalue weighted by Crippen LogP contribution is -2.16. The fraction of sp³-hybridized carbons (Fsp3) is 0.250. The maximum absolute atomic E-state index is 13.3. The molecule has 0 bridgehead atoms. The second kappa shape index (κ2) is 4.55. The van der Waals surface area contributed by atoms with Gasteiger partial charge in [-0.25, -0.2) is 9.37 Å². The Balaban J connectivity index is 2.49. The molecule has 90 valence electrons. The highest BCUT2D eigenvalue weighted by Gasteiger charge is 2.07. The Hall–Kier alpha value is -1.88. The summed E-state index contributed by atoms with van der Waals surface area (Å²) in [5.74, 6) is 0.123. The zero-order chi connectivity index (χ0) is 12.4. The molecule has 0 radical (unpaired) electrons. The second-order valence-corrected chi connectivity index (χ2v) is 3.98. The first kappa shape index (κ1) is 11.6. The van der Waals surface area contributed by atoms with Crippen LogP contribution in [0.5, 0.6) is 0 Å². The normalized spacial score (nSPS) is 12.6. The average molecular weight is 235 g/mol. The summed E-state index contributed by atoms with van der Waals surface area (Å²) < 4.78 is 13.3. The Bertz CT molecular complexity index is 543. The van der Waals surface area contributed by atoms with Gasteiger partial charge < -0.3 is 16.2 Å². The molecule has 4 nitrogen and oxygen atoms in total. The number of aliphatic hydroxyl groups is 1. The molecule has 1 aromatic carbocycles. The molecule has 0 saturated carbocycles. The van der Waals surface area contributed by atoms with Gasteiger partial charge in [-0.1, -0.05) is 0 Å². The third-order valence-corrected chi connectivity index (χ3v) is 2.44. The number of hydrogen-bond donors (Lipinski definition) is 3. The number of fused-ring (bicyclic) bond motifs is 1. The fourth-order valence-corrected chi connectivity index (χ4v) is 1.66. The highest BCUT2D eigenvalue weighted by molar-refractivity contribution is 5.99. The van der Waals surface area contributed by atoms with E-state index in [1.165, 1.54) is 12.1 Å². The number of aliphatic hydroxyl groups excluding tert-OH is 1. The van der Waals surface area contributed by atoms with E-state index in [0.29, 0.717) is 23.4 Å². The molecule has 2 aromatic rings. The summed E-state index contributed by atoms with van der Waals surface area (Å²) in [5, 5.41) is 13.5. The summed E-state index contributed by atoms with van der Waals surface area (Å²) >= 11 is 0. The standard InChI is InChI=1S/C12H14FN3O/c1-7(17)6-16-12-10-4-8(13)5-11(14)9(10)2-3-15-12/h2-5,7,17H,6,14H2,1H3,(H,15,16). The molecule has 2 rings (SSSR count). The van der Waals surface area contributed by atoms with Gasteiger partial charge in [0.25, 0.3) is 0 Å². The molecule has 5 heteroatoms. The molecular weight excluding hydrogens is 221 g/mol. The van der Waals surface area contributed by atoms with Crippen LogP contribution in [0.2, 0.25) is 0 Å². The predicted octanol–water partition coefficient (Wildman–Crippen LogP) is 1.75. The lowest BCUT2D eigenvalue weighted by Gasteiger charge is -2.11. The Kier molecular flexibility index (Phi) is 3.10. The quantitative estimate of drug-likeness (QED) is 0.709. The van der Waals surface area contributed by atoms with Crippen LogP contribution in [-0.2, 0) is 0 Å². The smallest absolute Gasteiger partial charge is 0.134 e.